The van der Waals surface area contributed by atoms with Gasteiger partial charge in [-0.05, 0) is 128 Å². The fraction of sp³-hybridized carbons (Fsp3) is 0.639. The molecule has 0 heterocycles. The number of carbonyl (C=O) groups is 2. The standard InChI is InChI=1S/C72H121N2O7P/c1-7-10-13-16-19-22-25-28-30-32-34-35-36-37-38-39-41-42-44-46-49-52-55-58-61-64-71(75)73-69(68-80-82(77,78)79-67-66-74(4,5)6)70(63-60-57-54-51-48-27-24-21-18-15-12-9-3)81-72(76)65-62-59-56-53-50-47-45-43-40-33-31-29-26-23-20-17-14-11-8-2/h10-11,13-14,19-20,22-23,28-31,34-35,37-38,40-43,47,50,60,63,69-70H,7-9,12,15-18,21,24-27,32-33,36,39,44-46,48-49,51-59,61-62,64-68H2,1-6H3,(H-,73,75,77,78)/b13-10-,14-11-,22-19-,23-20-,30-28-,31-29-,35-34-,38-37-,42-41-,43-40-,50-47-,63-60-. The summed E-state index contributed by atoms with van der Waals surface area (Å²) in [6, 6.07) is -0.922. The van der Waals surface area contributed by atoms with Crippen LogP contribution in [0.25, 0.3) is 0 Å². The quantitative estimate of drug-likeness (QED) is 0.0212. The van der Waals surface area contributed by atoms with Crippen LogP contribution in [0.3, 0.4) is 0 Å². The number of nitrogens with zero attached hydrogens (tertiary/aromatic N) is 1. The molecule has 0 aliphatic heterocycles. The second-order valence-corrected chi connectivity index (χ2v) is 23.9. The summed E-state index contributed by atoms with van der Waals surface area (Å²) in [6.45, 7) is 6.56. The largest absolute Gasteiger partial charge is 0.756 e. The van der Waals surface area contributed by atoms with Crippen molar-refractivity contribution in [3.8, 4) is 0 Å². The molecule has 0 aliphatic carbocycles. The molecule has 0 rings (SSSR count). The molecule has 1 amide bonds. The highest BCUT2D eigenvalue weighted by Gasteiger charge is 2.27. The molecule has 9 nitrogen and oxygen atoms in total. The van der Waals surface area contributed by atoms with Gasteiger partial charge >= 0.3 is 5.97 Å². The highest BCUT2D eigenvalue weighted by atomic mass is 31.2. The van der Waals surface area contributed by atoms with Crippen LogP contribution in [0.15, 0.2) is 146 Å². The predicted molar refractivity (Wildman–Crippen MR) is 353 cm³/mol. The summed E-state index contributed by atoms with van der Waals surface area (Å²) >= 11 is 0. The number of rotatable bonds is 57. The Kier molecular flexibility index (Phi) is 57.0. The van der Waals surface area contributed by atoms with E-state index in [0.29, 0.717) is 23.9 Å². The Hall–Kier alpha value is -4.11. The van der Waals surface area contributed by atoms with Gasteiger partial charge in [-0.25, -0.2) is 0 Å². The van der Waals surface area contributed by atoms with Crippen LogP contribution in [-0.4, -0.2) is 69.4 Å². The fourth-order valence-electron chi connectivity index (χ4n) is 8.55. The summed E-state index contributed by atoms with van der Waals surface area (Å²) in [4.78, 5) is 40.1. The first-order valence-corrected chi connectivity index (χ1v) is 34.1. The first-order chi connectivity index (χ1) is 39.9. The predicted octanol–water partition coefficient (Wildman–Crippen LogP) is 20.0. The maximum Gasteiger partial charge on any atom is 0.306 e. The normalized spacial score (nSPS) is 14.6. The number of nitrogens with one attached hydrogen (secondary N) is 1. The van der Waals surface area contributed by atoms with Crippen LogP contribution in [0.1, 0.15) is 245 Å². The lowest BCUT2D eigenvalue weighted by molar-refractivity contribution is -0.870. The van der Waals surface area contributed by atoms with Crippen molar-refractivity contribution in [2.24, 2.45) is 0 Å². The van der Waals surface area contributed by atoms with Crippen molar-refractivity contribution in [2.45, 2.75) is 258 Å². The summed E-state index contributed by atoms with van der Waals surface area (Å²) in [5.74, 6) is -0.606. The van der Waals surface area contributed by atoms with Crippen LogP contribution in [0.2, 0.25) is 0 Å². The molecule has 82 heavy (non-hydrogen) atoms. The molecule has 0 aromatic heterocycles. The maximum absolute atomic E-state index is 13.6. The maximum atomic E-state index is 13.6. The van der Waals surface area contributed by atoms with Gasteiger partial charge in [0.1, 0.15) is 19.3 Å². The van der Waals surface area contributed by atoms with Gasteiger partial charge in [0.2, 0.25) is 5.91 Å². The topological polar surface area (TPSA) is 114 Å². The molecule has 10 heteroatoms. The minimum Gasteiger partial charge on any atom is -0.756 e. The van der Waals surface area contributed by atoms with Crippen LogP contribution in [0.4, 0.5) is 0 Å². The van der Waals surface area contributed by atoms with Crippen LogP contribution in [-0.2, 0) is 27.9 Å². The van der Waals surface area contributed by atoms with Gasteiger partial charge in [-0.1, -0.05) is 250 Å². The number of unbranched alkanes of at least 4 members (excludes halogenated alkanes) is 19. The molecule has 0 aromatic rings. The van der Waals surface area contributed by atoms with Gasteiger partial charge in [0.25, 0.3) is 7.82 Å². The lowest BCUT2D eigenvalue weighted by Gasteiger charge is -2.30. The summed E-state index contributed by atoms with van der Waals surface area (Å²) in [5.41, 5.74) is 0. The van der Waals surface area contributed by atoms with E-state index in [1.807, 2.05) is 33.3 Å². The summed E-state index contributed by atoms with van der Waals surface area (Å²) in [7, 11) is 1.13. The van der Waals surface area contributed by atoms with Gasteiger partial charge in [0.15, 0.2) is 0 Å². The molecule has 0 aromatic carbocycles. The number of ether oxygens (including phenoxy) is 1. The number of esters is 1. The van der Waals surface area contributed by atoms with E-state index in [9.17, 15) is 19.0 Å². The van der Waals surface area contributed by atoms with Crippen LogP contribution in [0, 0.1) is 0 Å². The summed E-state index contributed by atoms with van der Waals surface area (Å²) in [5, 5.41) is 3.01. The van der Waals surface area contributed by atoms with Crippen molar-refractivity contribution in [3.05, 3.63) is 146 Å². The zero-order chi connectivity index (χ0) is 60.0. The Balaban J connectivity index is 5.28. The average Bonchev–Trinajstić information content (AvgIpc) is 3.44. The smallest absolute Gasteiger partial charge is 0.306 e. The molecule has 3 atom stereocenters. The van der Waals surface area contributed by atoms with Crippen LogP contribution in [0.5, 0.6) is 0 Å². The monoisotopic (exact) mass is 1160 g/mol. The van der Waals surface area contributed by atoms with E-state index >= 15 is 0 Å². The lowest BCUT2D eigenvalue weighted by Crippen LogP contribution is -2.47. The number of likely N-dealkylation sites (N-methyl/N-ethyl adjacent to an activating group) is 1. The molecular weight excluding hydrogens is 1040 g/mol. The molecule has 0 bridgehead atoms. The third kappa shape index (κ3) is 60.5. The van der Waals surface area contributed by atoms with Gasteiger partial charge in [-0.3, -0.25) is 14.2 Å². The minimum absolute atomic E-state index is 0.0396. The second kappa shape index (κ2) is 60.0. The lowest BCUT2D eigenvalue weighted by atomic mass is 10.0. The highest BCUT2D eigenvalue weighted by molar-refractivity contribution is 7.45. The molecule has 0 spiro atoms. The highest BCUT2D eigenvalue weighted by Crippen LogP contribution is 2.38. The van der Waals surface area contributed by atoms with E-state index in [0.717, 1.165) is 148 Å². The Morgan fingerprint density at radius 2 is 0.780 bits per heavy atom. The number of amides is 1. The number of hydrogen-bond donors (Lipinski definition) is 1. The molecular formula is C72H121N2O7P. The number of carbonyl (C=O) groups excluding carboxylic acids is 2. The molecule has 3 unspecified atom stereocenters. The number of hydrogen-bond acceptors (Lipinski definition) is 7. The van der Waals surface area contributed by atoms with Crippen molar-refractivity contribution in [3.63, 3.8) is 0 Å². The van der Waals surface area contributed by atoms with Crippen molar-refractivity contribution >= 4 is 19.7 Å². The number of phosphoric ester groups is 1. The van der Waals surface area contributed by atoms with Crippen molar-refractivity contribution < 1.29 is 37.3 Å². The van der Waals surface area contributed by atoms with E-state index in [-0.39, 0.29) is 31.3 Å². The van der Waals surface area contributed by atoms with E-state index in [2.05, 4.69) is 160 Å². The van der Waals surface area contributed by atoms with E-state index < -0.39 is 26.6 Å². The summed E-state index contributed by atoms with van der Waals surface area (Å²) in [6.07, 6.45) is 86.7. The van der Waals surface area contributed by atoms with Crippen LogP contribution >= 0.6 is 7.82 Å². The van der Waals surface area contributed by atoms with E-state index in [1.165, 1.54) is 51.4 Å². The first kappa shape index (κ1) is 77.9. The molecule has 0 saturated heterocycles. The molecule has 0 aliphatic rings. The minimum atomic E-state index is -4.72. The Morgan fingerprint density at radius 1 is 0.439 bits per heavy atom. The molecule has 0 fully saturated rings. The van der Waals surface area contributed by atoms with Crippen molar-refractivity contribution in [1.82, 2.24) is 5.32 Å². The fourth-order valence-corrected chi connectivity index (χ4v) is 9.27. The zero-order valence-electron chi connectivity index (χ0n) is 53.1. The van der Waals surface area contributed by atoms with E-state index in [4.69, 9.17) is 13.8 Å². The van der Waals surface area contributed by atoms with Gasteiger partial charge in [0.05, 0.1) is 33.8 Å². The average molecular weight is 1160 g/mol. The second-order valence-electron chi connectivity index (χ2n) is 22.5. The Bertz CT molecular complexity index is 1910. The van der Waals surface area contributed by atoms with Gasteiger partial charge in [0, 0.05) is 12.8 Å². The summed E-state index contributed by atoms with van der Waals surface area (Å²) < 4.78 is 30.3. The van der Waals surface area contributed by atoms with Gasteiger partial charge in [-0.15, -0.1) is 0 Å². The first-order valence-electron chi connectivity index (χ1n) is 32.6. The number of quaternary nitrogens is 1. The number of phosphoric acid groups is 1. The zero-order valence-corrected chi connectivity index (χ0v) is 54.0. The third-order valence-corrected chi connectivity index (χ3v) is 14.5. The van der Waals surface area contributed by atoms with Crippen LogP contribution < -0.4 is 10.2 Å². The number of allylic oxidation sites excluding steroid dienone is 23. The Morgan fingerprint density at radius 3 is 1.18 bits per heavy atom. The van der Waals surface area contributed by atoms with Gasteiger partial charge in [-0.2, -0.15) is 0 Å². The SMILES string of the molecule is CC/C=C\C/C=C\C/C=C\C/C=C\C/C=C\C/C=C\CCCCCCCCC(=O)NC(COP(=O)([O-])OCC[N+](C)(C)C)C(/C=C\CCCCCCCCCCCC)OC(=O)CCCCC/C=C\C/C=C\C/C=C\C/C=C\C/C=C\CC. The van der Waals surface area contributed by atoms with Crippen molar-refractivity contribution in [1.29, 1.82) is 0 Å². The van der Waals surface area contributed by atoms with E-state index in [1.54, 1.807) is 0 Å². The van der Waals surface area contributed by atoms with Crippen molar-refractivity contribution in [2.75, 3.05) is 40.9 Å². The molecule has 1 N–H and O–H groups in total. The molecule has 0 radical (unpaired) electrons. The third-order valence-electron chi connectivity index (χ3n) is 13.5. The Labute approximate surface area is 504 Å². The molecule has 0 saturated carbocycles. The van der Waals surface area contributed by atoms with Gasteiger partial charge < -0.3 is 28.5 Å². The molecule has 466 valence electrons.